The van der Waals surface area contributed by atoms with Gasteiger partial charge in [-0.15, -0.1) is 0 Å². The van der Waals surface area contributed by atoms with Crippen LogP contribution in [0.3, 0.4) is 0 Å². The summed E-state index contributed by atoms with van der Waals surface area (Å²) in [6, 6.07) is 6.93. The van der Waals surface area contributed by atoms with Crippen molar-refractivity contribution in [1.29, 1.82) is 0 Å². The molecule has 0 spiro atoms. The minimum Gasteiger partial charge on any atom is -0.378 e. The van der Waals surface area contributed by atoms with E-state index in [1.165, 1.54) is 0 Å². The van der Waals surface area contributed by atoms with E-state index in [1.807, 2.05) is 38.1 Å². The molecule has 0 aliphatic carbocycles. The largest absolute Gasteiger partial charge is 0.378 e. The van der Waals surface area contributed by atoms with Gasteiger partial charge in [-0.05, 0) is 31.5 Å². The van der Waals surface area contributed by atoms with Crippen molar-refractivity contribution >= 4 is 17.6 Å². The second kappa shape index (κ2) is 8.50. The van der Waals surface area contributed by atoms with Gasteiger partial charge in [0.25, 0.3) is 0 Å². The topological polar surface area (TPSA) is 91.5 Å². The molecule has 7 heteroatoms. The number of carbonyl (C=O) groups excluding carboxylic acids is 2. The number of nitrogens with one attached hydrogen (secondary N) is 4. The van der Waals surface area contributed by atoms with Crippen molar-refractivity contribution in [2.75, 3.05) is 25.1 Å². The highest BCUT2D eigenvalue weighted by Gasteiger charge is 2.20. The monoisotopic (exact) mass is 320 g/mol. The summed E-state index contributed by atoms with van der Waals surface area (Å²) in [4.78, 5) is 23.6. The number of amides is 3. The molecule has 1 saturated heterocycles. The predicted molar refractivity (Wildman–Crippen MR) is 88.2 cm³/mol. The normalized spacial score (nSPS) is 17.6. The van der Waals surface area contributed by atoms with Crippen LogP contribution in [0.25, 0.3) is 0 Å². The van der Waals surface area contributed by atoms with Crippen LogP contribution < -0.4 is 21.3 Å². The standard InChI is InChI=1S/C16H24N4O3/c1-11(2)19-16(22)20-13-5-3-12(4-6-13)9-18-15(21)14-10-23-8-7-17-14/h3-6,11,14,17H,7-10H2,1-2H3,(H,18,21)(H2,19,20,22). The zero-order valence-corrected chi connectivity index (χ0v) is 13.5. The van der Waals surface area contributed by atoms with E-state index >= 15 is 0 Å². The number of urea groups is 1. The third kappa shape index (κ3) is 5.88. The lowest BCUT2D eigenvalue weighted by Crippen LogP contribution is -2.51. The first-order chi connectivity index (χ1) is 11.0. The molecule has 1 heterocycles. The van der Waals surface area contributed by atoms with Crippen LogP contribution in [-0.4, -0.2) is 43.8 Å². The molecule has 126 valence electrons. The van der Waals surface area contributed by atoms with E-state index in [2.05, 4.69) is 21.3 Å². The molecule has 4 N–H and O–H groups in total. The number of hydrogen-bond acceptors (Lipinski definition) is 4. The van der Waals surface area contributed by atoms with Gasteiger partial charge in [0.2, 0.25) is 5.91 Å². The summed E-state index contributed by atoms with van der Waals surface area (Å²) in [6.07, 6.45) is 0. The van der Waals surface area contributed by atoms with E-state index in [-0.39, 0.29) is 24.0 Å². The molecule has 1 aliphatic heterocycles. The molecule has 1 unspecified atom stereocenters. The van der Waals surface area contributed by atoms with Crippen LogP contribution in [0.2, 0.25) is 0 Å². The van der Waals surface area contributed by atoms with Crippen LogP contribution >= 0.6 is 0 Å². The van der Waals surface area contributed by atoms with Crippen molar-refractivity contribution in [3.05, 3.63) is 29.8 Å². The van der Waals surface area contributed by atoms with E-state index in [9.17, 15) is 9.59 Å². The molecule has 7 nitrogen and oxygen atoms in total. The quantitative estimate of drug-likeness (QED) is 0.646. The fourth-order valence-corrected chi connectivity index (χ4v) is 2.18. The molecule has 1 aliphatic rings. The van der Waals surface area contributed by atoms with Gasteiger partial charge >= 0.3 is 6.03 Å². The first-order valence-corrected chi connectivity index (χ1v) is 7.80. The van der Waals surface area contributed by atoms with Crippen LogP contribution in [0.15, 0.2) is 24.3 Å². The Labute approximate surface area is 136 Å². The summed E-state index contributed by atoms with van der Waals surface area (Å²) in [5, 5.41) is 11.5. The van der Waals surface area contributed by atoms with Crippen molar-refractivity contribution in [3.63, 3.8) is 0 Å². The molecule has 0 aromatic heterocycles. The Bertz CT molecular complexity index is 525. The maximum atomic E-state index is 12.0. The van der Waals surface area contributed by atoms with Crippen molar-refractivity contribution in [2.24, 2.45) is 0 Å². The Morgan fingerprint density at radius 1 is 1.30 bits per heavy atom. The van der Waals surface area contributed by atoms with Gasteiger partial charge in [-0.25, -0.2) is 4.79 Å². The number of carbonyl (C=O) groups is 2. The minimum absolute atomic E-state index is 0.0665. The molecule has 2 rings (SSSR count). The van der Waals surface area contributed by atoms with Gasteiger partial charge in [-0.3, -0.25) is 4.79 Å². The lowest BCUT2D eigenvalue weighted by molar-refractivity contribution is -0.126. The molecule has 1 atom stereocenters. The predicted octanol–water partition coefficient (Wildman–Crippen LogP) is 0.821. The van der Waals surface area contributed by atoms with Crippen molar-refractivity contribution in [2.45, 2.75) is 32.5 Å². The second-order valence-corrected chi connectivity index (χ2v) is 5.75. The number of benzene rings is 1. The van der Waals surface area contributed by atoms with Gasteiger partial charge in [0.15, 0.2) is 0 Å². The van der Waals surface area contributed by atoms with E-state index in [4.69, 9.17) is 4.74 Å². The first kappa shape index (κ1) is 17.2. The molecular formula is C16H24N4O3. The number of ether oxygens (including phenoxy) is 1. The highest BCUT2D eigenvalue weighted by Crippen LogP contribution is 2.09. The van der Waals surface area contributed by atoms with Gasteiger partial charge in [0, 0.05) is 24.8 Å². The molecular weight excluding hydrogens is 296 g/mol. The summed E-state index contributed by atoms with van der Waals surface area (Å²) in [5.41, 5.74) is 1.67. The molecule has 1 aromatic rings. The highest BCUT2D eigenvalue weighted by molar-refractivity contribution is 5.89. The fourth-order valence-electron chi connectivity index (χ4n) is 2.18. The molecule has 1 fully saturated rings. The van der Waals surface area contributed by atoms with Crippen molar-refractivity contribution in [3.8, 4) is 0 Å². The Balaban J connectivity index is 1.78. The molecule has 23 heavy (non-hydrogen) atoms. The smallest absolute Gasteiger partial charge is 0.319 e. The van der Waals surface area contributed by atoms with E-state index in [0.29, 0.717) is 32.0 Å². The maximum Gasteiger partial charge on any atom is 0.319 e. The lowest BCUT2D eigenvalue weighted by Gasteiger charge is -2.22. The number of hydrogen-bond donors (Lipinski definition) is 4. The Morgan fingerprint density at radius 2 is 2.04 bits per heavy atom. The summed E-state index contributed by atoms with van der Waals surface area (Å²) in [5.74, 6) is -0.0665. The van der Waals surface area contributed by atoms with E-state index in [1.54, 1.807) is 0 Å². The van der Waals surface area contributed by atoms with Gasteiger partial charge in [0.1, 0.15) is 6.04 Å². The molecule has 0 saturated carbocycles. The summed E-state index contributed by atoms with van der Waals surface area (Å²) >= 11 is 0. The van der Waals surface area contributed by atoms with Crippen LogP contribution in [-0.2, 0) is 16.1 Å². The van der Waals surface area contributed by atoms with Gasteiger partial charge in [-0.1, -0.05) is 12.1 Å². The third-order valence-electron chi connectivity index (χ3n) is 3.34. The molecule has 3 amide bonds. The van der Waals surface area contributed by atoms with E-state index < -0.39 is 0 Å². The Kier molecular flexibility index (Phi) is 6.37. The summed E-state index contributed by atoms with van der Waals surface area (Å²) in [6.45, 7) is 5.98. The van der Waals surface area contributed by atoms with Gasteiger partial charge < -0.3 is 26.0 Å². The maximum absolute atomic E-state index is 12.0. The van der Waals surface area contributed by atoms with E-state index in [0.717, 1.165) is 5.56 Å². The van der Waals surface area contributed by atoms with Gasteiger partial charge in [0.05, 0.1) is 13.2 Å². The average molecular weight is 320 g/mol. The second-order valence-electron chi connectivity index (χ2n) is 5.75. The van der Waals surface area contributed by atoms with Crippen LogP contribution in [0.1, 0.15) is 19.4 Å². The van der Waals surface area contributed by atoms with Crippen LogP contribution in [0.5, 0.6) is 0 Å². The average Bonchev–Trinajstić information content (AvgIpc) is 2.54. The summed E-state index contributed by atoms with van der Waals surface area (Å²) in [7, 11) is 0. The summed E-state index contributed by atoms with van der Waals surface area (Å²) < 4.78 is 5.27. The van der Waals surface area contributed by atoms with Crippen molar-refractivity contribution < 1.29 is 14.3 Å². The zero-order valence-electron chi connectivity index (χ0n) is 13.5. The lowest BCUT2D eigenvalue weighted by atomic mass is 10.2. The minimum atomic E-state index is -0.288. The van der Waals surface area contributed by atoms with Crippen LogP contribution in [0.4, 0.5) is 10.5 Å². The van der Waals surface area contributed by atoms with Gasteiger partial charge in [-0.2, -0.15) is 0 Å². The highest BCUT2D eigenvalue weighted by atomic mass is 16.5. The van der Waals surface area contributed by atoms with Crippen molar-refractivity contribution in [1.82, 2.24) is 16.0 Å². The SMILES string of the molecule is CC(C)NC(=O)Nc1ccc(CNC(=O)C2COCCN2)cc1. The first-order valence-electron chi connectivity index (χ1n) is 7.80. The zero-order chi connectivity index (χ0) is 16.7. The molecule has 0 radical (unpaired) electrons. The number of morpholine rings is 1. The Hall–Kier alpha value is -2.12. The third-order valence-corrected chi connectivity index (χ3v) is 3.34. The number of anilines is 1. The fraction of sp³-hybridized carbons (Fsp3) is 0.500. The molecule has 0 bridgehead atoms. The molecule has 1 aromatic carbocycles. The van der Waals surface area contributed by atoms with Crippen LogP contribution in [0, 0.1) is 0 Å². The number of rotatable bonds is 5. The Morgan fingerprint density at radius 3 is 2.65 bits per heavy atom.